The molecular weight excluding hydrogens is 563 g/mol. The zero-order valence-electron chi connectivity index (χ0n) is 22.9. The molecule has 1 aliphatic heterocycles. The fourth-order valence-corrected chi connectivity index (χ4v) is 5.63. The number of pyridine rings is 2. The Hall–Kier alpha value is -4.78. The van der Waals surface area contributed by atoms with Gasteiger partial charge in [0.1, 0.15) is 23.9 Å². The summed E-state index contributed by atoms with van der Waals surface area (Å²) in [5.41, 5.74) is 8.61. The van der Waals surface area contributed by atoms with Crippen LogP contribution in [0.2, 0.25) is 0 Å². The normalized spacial score (nSPS) is 19.9. The van der Waals surface area contributed by atoms with Gasteiger partial charge in [0.05, 0.1) is 29.1 Å². The molecule has 6 rings (SSSR count). The van der Waals surface area contributed by atoms with Crippen molar-refractivity contribution in [3.05, 3.63) is 71.6 Å². The highest BCUT2D eigenvalue weighted by atomic mass is 19.4. The highest BCUT2D eigenvalue weighted by molar-refractivity contribution is 6.06. The van der Waals surface area contributed by atoms with Crippen LogP contribution in [0.3, 0.4) is 0 Å². The molecule has 0 radical (unpaired) electrons. The summed E-state index contributed by atoms with van der Waals surface area (Å²) in [7, 11) is 0. The summed E-state index contributed by atoms with van der Waals surface area (Å²) in [5, 5.41) is 11.2. The number of aromatic nitrogens is 4. The third kappa shape index (κ3) is 5.93. The Morgan fingerprint density at radius 2 is 1.95 bits per heavy atom. The lowest BCUT2D eigenvalue weighted by Crippen LogP contribution is -2.40. The van der Waals surface area contributed by atoms with Gasteiger partial charge in [0.15, 0.2) is 0 Å². The molecule has 4 heterocycles. The first-order valence-electron chi connectivity index (χ1n) is 13.8. The number of fused-ring (bicyclic) bond motifs is 3. The second-order valence-electron chi connectivity index (χ2n) is 10.6. The molecule has 10 nitrogen and oxygen atoms in total. The first-order valence-corrected chi connectivity index (χ1v) is 13.8. The minimum Gasteiger partial charge on any atom is -0.383 e. The van der Waals surface area contributed by atoms with Crippen molar-refractivity contribution in [2.45, 2.75) is 43.9 Å². The molecule has 13 heteroatoms. The van der Waals surface area contributed by atoms with Crippen LogP contribution in [0.1, 0.15) is 53.2 Å². The molecule has 2 aliphatic rings. The number of nitrogens with zero attached hydrogens (tertiary/aromatic N) is 4. The van der Waals surface area contributed by atoms with E-state index in [1.165, 1.54) is 0 Å². The van der Waals surface area contributed by atoms with E-state index in [2.05, 4.69) is 20.6 Å². The van der Waals surface area contributed by atoms with Gasteiger partial charge in [-0.2, -0.15) is 18.3 Å². The number of rotatable bonds is 3. The average molecular weight is 592 g/mol. The Morgan fingerprint density at radius 1 is 1.14 bits per heavy atom. The van der Waals surface area contributed by atoms with Gasteiger partial charge in [-0.05, 0) is 49.9 Å². The molecule has 4 aromatic rings. The standard InChI is InChI=1S/C30H28F3N7O3/c31-30(32,33)20-10-11-35-23(13-20)38-29(42)18-8-6-17(7-9-18)26-25-27-19(15-36-28(25)34)3-2-12-43-16-24(41)37-21-4-1-5-22(14-21)40(27)39-26/h2-3,6-11,13,15,21-22H,1,4-5,12,14,16H2,(H2,34,36)(H,37,41)(H,35,38,42)/b3-2+/t21-,22-/m1/s1. The van der Waals surface area contributed by atoms with Crippen molar-refractivity contribution in [3.8, 4) is 11.3 Å². The quantitative estimate of drug-likeness (QED) is 0.305. The molecule has 2 bridgehead atoms. The number of halogens is 3. The number of ether oxygens (including phenoxy) is 1. The molecule has 4 N–H and O–H groups in total. The predicted molar refractivity (Wildman–Crippen MR) is 154 cm³/mol. The average Bonchev–Trinajstić information content (AvgIpc) is 3.40. The fourth-order valence-electron chi connectivity index (χ4n) is 5.63. The number of anilines is 2. The second-order valence-corrected chi connectivity index (χ2v) is 10.6. The lowest BCUT2D eigenvalue weighted by atomic mass is 9.90. The molecule has 1 aromatic carbocycles. The molecule has 222 valence electrons. The van der Waals surface area contributed by atoms with Crippen molar-refractivity contribution in [1.29, 1.82) is 0 Å². The van der Waals surface area contributed by atoms with Gasteiger partial charge in [0.25, 0.3) is 5.91 Å². The Balaban J connectivity index is 1.36. The van der Waals surface area contributed by atoms with Crippen LogP contribution in [-0.2, 0) is 15.7 Å². The number of hydrogen-bond acceptors (Lipinski definition) is 7. The van der Waals surface area contributed by atoms with Gasteiger partial charge in [0, 0.05) is 35.1 Å². The van der Waals surface area contributed by atoms with E-state index in [-0.39, 0.29) is 42.6 Å². The number of benzene rings is 1. The maximum absolute atomic E-state index is 13.1. The molecule has 1 saturated carbocycles. The van der Waals surface area contributed by atoms with Crippen LogP contribution in [-0.4, -0.2) is 50.8 Å². The van der Waals surface area contributed by atoms with Gasteiger partial charge < -0.3 is 21.1 Å². The summed E-state index contributed by atoms with van der Waals surface area (Å²) in [6.45, 7) is 0.230. The van der Waals surface area contributed by atoms with Crippen LogP contribution in [0, 0.1) is 0 Å². The van der Waals surface area contributed by atoms with Crippen molar-refractivity contribution in [1.82, 2.24) is 25.1 Å². The maximum Gasteiger partial charge on any atom is 0.416 e. The molecule has 3 aromatic heterocycles. The molecular formula is C30H28F3N7O3. The number of nitrogens with one attached hydrogen (secondary N) is 2. The fraction of sp³-hybridized carbons (Fsp3) is 0.300. The monoisotopic (exact) mass is 591 g/mol. The van der Waals surface area contributed by atoms with Crippen LogP contribution < -0.4 is 16.4 Å². The van der Waals surface area contributed by atoms with Crippen LogP contribution in [0.25, 0.3) is 28.2 Å². The highest BCUT2D eigenvalue weighted by Crippen LogP contribution is 2.39. The molecule has 0 unspecified atom stereocenters. The zero-order chi connectivity index (χ0) is 30.1. The molecule has 2 atom stereocenters. The van der Waals surface area contributed by atoms with Gasteiger partial charge in [0.2, 0.25) is 5.91 Å². The summed E-state index contributed by atoms with van der Waals surface area (Å²) >= 11 is 0. The zero-order valence-corrected chi connectivity index (χ0v) is 22.9. The third-order valence-electron chi connectivity index (χ3n) is 7.63. The van der Waals surface area contributed by atoms with Crippen LogP contribution in [0.4, 0.5) is 24.8 Å². The Bertz CT molecular complexity index is 1720. The first-order chi connectivity index (χ1) is 20.7. The largest absolute Gasteiger partial charge is 0.416 e. The molecule has 2 amide bonds. The Kier molecular flexibility index (Phi) is 7.57. The van der Waals surface area contributed by atoms with Gasteiger partial charge in [-0.25, -0.2) is 9.97 Å². The SMILES string of the molecule is Nc1ncc2c3c1c(-c1ccc(C(=O)Nc4cc(C(F)(F)F)ccn4)cc1)nn3[C@@H]1CCC[C@H](C1)NC(=O)COC/C=C/2. The Morgan fingerprint density at radius 3 is 2.74 bits per heavy atom. The van der Waals surface area contributed by atoms with E-state index in [0.717, 1.165) is 48.7 Å². The lowest BCUT2D eigenvalue weighted by molar-refractivity contribution is -0.137. The van der Waals surface area contributed by atoms with E-state index >= 15 is 0 Å². The van der Waals surface area contributed by atoms with Gasteiger partial charge in [-0.3, -0.25) is 14.3 Å². The van der Waals surface area contributed by atoms with Crippen molar-refractivity contribution in [2.24, 2.45) is 0 Å². The van der Waals surface area contributed by atoms with E-state index < -0.39 is 17.6 Å². The highest BCUT2D eigenvalue weighted by Gasteiger charge is 2.31. The van der Waals surface area contributed by atoms with Gasteiger partial charge in [-0.15, -0.1) is 0 Å². The second kappa shape index (κ2) is 11.5. The van der Waals surface area contributed by atoms with Gasteiger partial charge in [-0.1, -0.05) is 24.3 Å². The summed E-state index contributed by atoms with van der Waals surface area (Å²) in [5.74, 6) is -0.672. The summed E-state index contributed by atoms with van der Waals surface area (Å²) in [4.78, 5) is 33.4. The molecule has 1 aliphatic carbocycles. The Labute approximate surface area is 244 Å². The predicted octanol–water partition coefficient (Wildman–Crippen LogP) is 4.99. The first kappa shape index (κ1) is 28.3. The third-order valence-corrected chi connectivity index (χ3v) is 7.63. The van der Waals surface area contributed by atoms with Crippen molar-refractivity contribution in [2.75, 3.05) is 24.3 Å². The van der Waals surface area contributed by atoms with E-state index in [9.17, 15) is 22.8 Å². The number of alkyl halides is 3. The molecule has 43 heavy (non-hydrogen) atoms. The van der Waals surface area contributed by atoms with E-state index in [0.29, 0.717) is 28.9 Å². The maximum atomic E-state index is 13.1. The summed E-state index contributed by atoms with van der Waals surface area (Å²) in [6, 6.07) is 8.13. The molecule has 0 saturated heterocycles. The van der Waals surface area contributed by atoms with E-state index in [4.69, 9.17) is 15.6 Å². The van der Waals surface area contributed by atoms with E-state index in [1.54, 1.807) is 30.5 Å². The van der Waals surface area contributed by atoms with Crippen molar-refractivity contribution >= 4 is 40.4 Å². The number of amides is 2. The minimum atomic E-state index is -4.56. The minimum absolute atomic E-state index is 0.00376. The topological polar surface area (TPSA) is 137 Å². The van der Waals surface area contributed by atoms with Crippen LogP contribution in [0.5, 0.6) is 0 Å². The van der Waals surface area contributed by atoms with Crippen molar-refractivity contribution in [3.63, 3.8) is 0 Å². The van der Waals surface area contributed by atoms with Gasteiger partial charge >= 0.3 is 6.18 Å². The lowest BCUT2D eigenvalue weighted by Gasteiger charge is -2.30. The summed E-state index contributed by atoms with van der Waals surface area (Å²) in [6.07, 6.45) is 5.14. The van der Waals surface area contributed by atoms with E-state index in [1.807, 2.05) is 16.8 Å². The smallest absolute Gasteiger partial charge is 0.383 e. The number of carbonyl (C=O) groups is 2. The van der Waals surface area contributed by atoms with Crippen LogP contribution in [0.15, 0.2) is 54.9 Å². The molecule has 1 fully saturated rings. The molecule has 0 spiro atoms. The number of nitrogens with two attached hydrogens (primary N) is 1. The van der Waals surface area contributed by atoms with Crippen molar-refractivity contribution < 1.29 is 27.5 Å². The number of carbonyl (C=O) groups excluding carboxylic acids is 2. The van der Waals surface area contributed by atoms with Crippen LogP contribution >= 0.6 is 0 Å². The number of nitrogen functional groups attached to an aromatic ring is 1. The summed E-state index contributed by atoms with van der Waals surface area (Å²) < 4.78 is 46.7. The number of hydrogen-bond donors (Lipinski definition) is 3.